The SMILES string of the molecule is CC(N)CCCOc1c(F)cccc1F. The van der Waals surface area contributed by atoms with E-state index in [2.05, 4.69) is 0 Å². The summed E-state index contributed by atoms with van der Waals surface area (Å²) in [6.07, 6.45) is 1.46. The van der Waals surface area contributed by atoms with E-state index in [0.29, 0.717) is 6.42 Å². The fourth-order valence-electron chi connectivity index (χ4n) is 1.20. The van der Waals surface area contributed by atoms with Crippen molar-refractivity contribution in [1.82, 2.24) is 0 Å². The van der Waals surface area contributed by atoms with E-state index in [9.17, 15) is 8.78 Å². The summed E-state index contributed by atoms with van der Waals surface area (Å²) in [7, 11) is 0. The molecule has 0 spiro atoms. The maximum absolute atomic E-state index is 13.0. The first-order valence-corrected chi connectivity index (χ1v) is 4.93. The van der Waals surface area contributed by atoms with Crippen LogP contribution in [0.25, 0.3) is 0 Å². The van der Waals surface area contributed by atoms with Crippen LogP contribution in [-0.4, -0.2) is 12.6 Å². The molecule has 0 aliphatic rings. The molecular weight excluding hydrogens is 200 g/mol. The fourth-order valence-corrected chi connectivity index (χ4v) is 1.20. The average Bonchev–Trinajstić information content (AvgIpc) is 2.15. The molecule has 0 saturated carbocycles. The van der Waals surface area contributed by atoms with E-state index in [0.717, 1.165) is 6.42 Å². The summed E-state index contributed by atoms with van der Waals surface area (Å²) in [5.41, 5.74) is 5.53. The Balaban J connectivity index is 2.43. The number of hydrogen-bond acceptors (Lipinski definition) is 2. The van der Waals surface area contributed by atoms with Crippen LogP contribution >= 0.6 is 0 Å². The van der Waals surface area contributed by atoms with Gasteiger partial charge in [0.1, 0.15) is 0 Å². The van der Waals surface area contributed by atoms with Gasteiger partial charge in [0.25, 0.3) is 0 Å². The Morgan fingerprint density at radius 1 is 1.33 bits per heavy atom. The van der Waals surface area contributed by atoms with Crippen LogP contribution in [0, 0.1) is 11.6 Å². The van der Waals surface area contributed by atoms with Crippen molar-refractivity contribution in [2.24, 2.45) is 5.73 Å². The molecule has 2 nitrogen and oxygen atoms in total. The molecule has 0 amide bonds. The third kappa shape index (κ3) is 3.83. The molecule has 1 unspecified atom stereocenters. The Morgan fingerprint density at radius 3 is 2.47 bits per heavy atom. The fraction of sp³-hybridized carbons (Fsp3) is 0.455. The Hall–Kier alpha value is -1.16. The van der Waals surface area contributed by atoms with Crippen LogP contribution in [-0.2, 0) is 0 Å². The van der Waals surface area contributed by atoms with Gasteiger partial charge in [0.2, 0.25) is 0 Å². The molecule has 1 aromatic carbocycles. The predicted molar refractivity (Wildman–Crippen MR) is 54.7 cm³/mol. The summed E-state index contributed by atoms with van der Waals surface area (Å²) >= 11 is 0. The van der Waals surface area contributed by atoms with Crippen molar-refractivity contribution >= 4 is 0 Å². The van der Waals surface area contributed by atoms with Crippen LogP contribution in [0.15, 0.2) is 18.2 Å². The summed E-state index contributed by atoms with van der Waals surface area (Å²) in [6.45, 7) is 2.16. The third-order valence-corrected chi connectivity index (χ3v) is 1.97. The van der Waals surface area contributed by atoms with Gasteiger partial charge >= 0.3 is 0 Å². The number of rotatable bonds is 5. The minimum atomic E-state index is -0.671. The van der Waals surface area contributed by atoms with Crippen LogP contribution < -0.4 is 10.5 Å². The average molecular weight is 215 g/mol. The maximum Gasteiger partial charge on any atom is 0.190 e. The molecular formula is C11H15F2NO. The van der Waals surface area contributed by atoms with Crippen LogP contribution in [0.5, 0.6) is 5.75 Å². The molecule has 1 aromatic rings. The standard InChI is InChI=1S/C11H15F2NO/c1-8(14)4-3-7-15-11-9(12)5-2-6-10(11)13/h2,5-6,8H,3-4,7,14H2,1H3. The number of ether oxygens (including phenoxy) is 1. The van der Waals surface area contributed by atoms with Gasteiger partial charge in [-0.05, 0) is 31.9 Å². The van der Waals surface area contributed by atoms with E-state index in [1.807, 2.05) is 6.92 Å². The monoisotopic (exact) mass is 215 g/mol. The molecule has 0 bridgehead atoms. The number of para-hydroxylation sites is 1. The quantitative estimate of drug-likeness (QED) is 0.766. The second-order valence-electron chi connectivity index (χ2n) is 3.52. The number of benzene rings is 1. The maximum atomic E-state index is 13.0. The first-order chi connectivity index (χ1) is 7.11. The molecule has 0 aromatic heterocycles. The van der Waals surface area contributed by atoms with Crippen LogP contribution in [0.2, 0.25) is 0 Å². The van der Waals surface area contributed by atoms with Gasteiger partial charge in [-0.2, -0.15) is 0 Å². The lowest BCUT2D eigenvalue weighted by atomic mass is 10.2. The van der Waals surface area contributed by atoms with Crippen molar-refractivity contribution in [1.29, 1.82) is 0 Å². The molecule has 0 saturated heterocycles. The van der Waals surface area contributed by atoms with Crippen molar-refractivity contribution in [3.8, 4) is 5.75 Å². The van der Waals surface area contributed by atoms with Crippen LogP contribution in [0.3, 0.4) is 0 Å². The van der Waals surface area contributed by atoms with E-state index in [-0.39, 0.29) is 18.4 Å². The Bertz CT molecular complexity index is 295. The molecule has 0 radical (unpaired) electrons. The minimum Gasteiger partial charge on any atom is -0.488 e. The summed E-state index contributed by atoms with van der Waals surface area (Å²) in [6, 6.07) is 3.73. The molecule has 4 heteroatoms. The van der Waals surface area contributed by atoms with Crippen molar-refractivity contribution in [3.63, 3.8) is 0 Å². The second-order valence-corrected chi connectivity index (χ2v) is 3.52. The number of hydrogen-bond donors (Lipinski definition) is 1. The molecule has 0 aliphatic carbocycles. The molecule has 2 N–H and O–H groups in total. The van der Waals surface area contributed by atoms with E-state index in [1.165, 1.54) is 18.2 Å². The van der Waals surface area contributed by atoms with Crippen molar-refractivity contribution in [3.05, 3.63) is 29.8 Å². The topological polar surface area (TPSA) is 35.2 Å². The Morgan fingerprint density at radius 2 is 1.93 bits per heavy atom. The summed E-state index contributed by atoms with van der Waals surface area (Å²) in [4.78, 5) is 0. The molecule has 1 atom stereocenters. The highest BCUT2D eigenvalue weighted by molar-refractivity contribution is 5.25. The third-order valence-electron chi connectivity index (χ3n) is 1.97. The Kier molecular flexibility index (Phi) is 4.49. The van der Waals surface area contributed by atoms with Gasteiger partial charge in [0.15, 0.2) is 17.4 Å². The summed E-state index contributed by atoms with van der Waals surface area (Å²) in [5, 5.41) is 0. The lowest BCUT2D eigenvalue weighted by Gasteiger charge is -2.08. The van der Waals surface area contributed by atoms with Crippen LogP contribution in [0.4, 0.5) is 8.78 Å². The van der Waals surface area contributed by atoms with E-state index < -0.39 is 11.6 Å². The lowest BCUT2D eigenvalue weighted by molar-refractivity contribution is 0.274. The molecule has 0 fully saturated rings. The minimum absolute atomic E-state index is 0.0825. The molecule has 1 rings (SSSR count). The van der Waals surface area contributed by atoms with Gasteiger partial charge in [0.05, 0.1) is 6.61 Å². The van der Waals surface area contributed by atoms with Gasteiger partial charge in [-0.25, -0.2) is 8.78 Å². The molecule has 84 valence electrons. The van der Waals surface area contributed by atoms with E-state index in [4.69, 9.17) is 10.5 Å². The van der Waals surface area contributed by atoms with Crippen molar-refractivity contribution < 1.29 is 13.5 Å². The normalized spacial score (nSPS) is 12.5. The van der Waals surface area contributed by atoms with Gasteiger partial charge < -0.3 is 10.5 Å². The van der Waals surface area contributed by atoms with Gasteiger partial charge in [0, 0.05) is 6.04 Å². The van der Waals surface area contributed by atoms with E-state index in [1.54, 1.807) is 0 Å². The van der Waals surface area contributed by atoms with E-state index >= 15 is 0 Å². The van der Waals surface area contributed by atoms with Gasteiger partial charge in [-0.3, -0.25) is 0 Å². The van der Waals surface area contributed by atoms with Crippen molar-refractivity contribution in [2.45, 2.75) is 25.8 Å². The van der Waals surface area contributed by atoms with Gasteiger partial charge in [-0.15, -0.1) is 0 Å². The predicted octanol–water partition coefficient (Wildman–Crippen LogP) is 2.47. The Labute approximate surface area is 88.0 Å². The zero-order valence-electron chi connectivity index (χ0n) is 8.67. The second kappa shape index (κ2) is 5.66. The summed E-state index contributed by atoms with van der Waals surface area (Å²) < 4.78 is 31.1. The zero-order chi connectivity index (χ0) is 11.3. The van der Waals surface area contributed by atoms with Crippen molar-refractivity contribution in [2.75, 3.05) is 6.61 Å². The highest BCUT2D eigenvalue weighted by atomic mass is 19.1. The van der Waals surface area contributed by atoms with Crippen LogP contribution in [0.1, 0.15) is 19.8 Å². The smallest absolute Gasteiger partial charge is 0.190 e. The molecule has 0 heterocycles. The lowest BCUT2D eigenvalue weighted by Crippen LogP contribution is -2.15. The molecule has 15 heavy (non-hydrogen) atoms. The zero-order valence-corrected chi connectivity index (χ0v) is 8.67. The first kappa shape index (κ1) is 11.9. The molecule has 0 aliphatic heterocycles. The van der Waals surface area contributed by atoms with Gasteiger partial charge in [-0.1, -0.05) is 6.07 Å². The summed E-state index contributed by atoms with van der Waals surface area (Å²) in [5.74, 6) is -1.64. The largest absolute Gasteiger partial charge is 0.488 e. The highest BCUT2D eigenvalue weighted by Crippen LogP contribution is 2.20. The number of nitrogens with two attached hydrogens (primary N) is 1. The number of halogens is 2. The highest BCUT2D eigenvalue weighted by Gasteiger charge is 2.08. The first-order valence-electron chi connectivity index (χ1n) is 4.93.